The minimum absolute atomic E-state index is 0.186. The molecule has 0 N–H and O–H groups in total. The third kappa shape index (κ3) is 3.60. The van der Waals surface area contributed by atoms with Crippen molar-refractivity contribution in [3.8, 4) is 11.4 Å². The Hall–Kier alpha value is -2.17. The molecule has 1 aliphatic heterocycles. The number of likely N-dealkylation sites (tertiary alicyclic amines) is 1. The van der Waals surface area contributed by atoms with E-state index >= 15 is 0 Å². The van der Waals surface area contributed by atoms with Crippen LogP contribution in [0.5, 0.6) is 0 Å². The first-order chi connectivity index (χ1) is 11.2. The molecule has 0 aromatic carbocycles. The second-order valence-electron chi connectivity index (χ2n) is 6.31. The van der Waals surface area contributed by atoms with E-state index in [0.29, 0.717) is 5.92 Å². The number of amides is 1. The topological polar surface area (TPSA) is 51.0 Å². The average Bonchev–Trinajstić information content (AvgIpc) is 3.17. The van der Waals surface area contributed by atoms with Gasteiger partial charge in [-0.1, -0.05) is 6.92 Å². The standard InChI is InChI=1S/C18H24N4O/c1-3-9-22-18(5-8-20-22)17-12-15(4-7-19-17)11-16-6-10-21(13-16)14(2)23/h4-5,7-8,12,16H,3,6,9-11,13H2,1-2H3. The molecule has 1 fully saturated rings. The van der Waals surface area contributed by atoms with Gasteiger partial charge in [0.2, 0.25) is 5.91 Å². The summed E-state index contributed by atoms with van der Waals surface area (Å²) in [7, 11) is 0. The van der Waals surface area contributed by atoms with E-state index in [0.717, 1.165) is 50.3 Å². The molecule has 5 nitrogen and oxygen atoms in total. The van der Waals surface area contributed by atoms with Gasteiger partial charge >= 0.3 is 0 Å². The lowest BCUT2D eigenvalue weighted by molar-refractivity contribution is -0.127. The maximum atomic E-state index is 11.5. The number of hydrogen-bond donors (Lipinski definition) is 0. The van der Waals surface area contributed by atoms with Crippen LogP contribution in [0, 0.1) is 5.92 Å². The van der Waals surface area contributed by atoms with Crippen LogP contribution in [0.1, 0.15) is 32.3 Å². The van der Waals surface area contributed by atoms with E-state index in [1.54, 1.807) is 6.92 Å². The van der Waals surface area contributed by atoms with Crippen LogP contribution in [0.3, 0.4) is 0 Å². The first kappa shape index (κ1) is 15.7. The Morgan fingerprint density at radius 3 is 2.96 bits per heavy atom. The summed E-state index contributed by atoms with van der Waals surface area (Å²) < 4.78 is 2.01. The highest BCUT2D eigenvalue weighted by atomic mass is 16.2. The SMILES string of the molecule is CCCn1nccc1-c1cc(CC2CCN(C(C)=O)C2)ccn1. The molecule has 1 aliphatic rings. The fraction of sp³-hybridized carbons (Fsp3) is 0.500. The fourth-order valence-electron chi connectivity index (χ4n) is 3.30. The van der Waals surface area contributed by atoms with Crippen molar-refractivity contribution in [2.45, 2.75) is 39.7 Å². The summed E-state index contributed by atoms with van der Waals surface area (Å²) in [6.45, 7) is 6.48. The zero-order chi connectivity index (χ0) is 16.2. The Morgan fingerprint density at radius 2 is 2.22 bits per heavy atom. The van der Waals surface area contributed by atoms with E-state index in [1.807, 2.05) is 28.0 Å². The zero-order valence-corrected chi connectivity index (χ0v) is 13.9. The summed E-state index contributed by atoms with van der Waals surface area (Å²) >= 11 is 0. The van der Waals surface area contributed by atoms with Crippen molar-refractivity contribution in [1.82, 2.24) is 19.7 Å². The summed E-state index contributed by atoms with van der Waals surface area (Å²) in [5, 5.41) is 4.38. The Bertz CT molecular complexity index is 679. The molecule has 1 atom stereocenters. The maximum absolute atomic E-state index is 11.5. The molecular weight excluding hydrogens is 288 g/mol. The first-order valence-corrected chi connectivity index (χ1v) is 8.40. The molecule has 5 heteroatoms. The Balaban J connectivity index is 1.73. The molecule has 0 saturated carbocycles. The highest BCUT2D eigenvalue weighted by Gasteiger charge is 2.24. The molecule has 0 aliphatic carbocycles. The fourth-order valence-corrected chi connectivity index (χ4v) is 3.30. The van der Waals surface area contributed by atoms with E-state index in [1.165, 1.54) is 5.56 Å². The molecule has 2 aromatic heterocycles. The quantitative estimate of drug-likeness (QED) is 0.853. The summed E-state index contributed by atoms with van der Waals surface area (Å²) in [6.07, 6.45) is 6.86. The average molecular weight is 312 g/mol. The van der Waals surface area contributed by atoms with Crippen LogP contribution >= 0.6 is 0 Å². The minimum Gasteiger partial charge on any atom is -0.343 e. The van der Waals surface area contributed by atoms with E-state index < -0.39 is 0 Å². The van der Waals surface area contributed by atoms with Gasteiger partial charge < -0.3 is 4.90 Å². The Morgan fingerprint density at radius 1 is 1.35 bits per heavy atom. The first-order valence-electron chi connectivity index (χ1n) is 8.40. The van der Waals surface area contributed by atoms with Crippen LogP contribution in [-0.2, 0) is 17.8 Å². The van der Waals surface area contributed by atoms with Crippen LogP contribution in [0.4, 0.5) is 0 Å². The molecule has 2 aromatic rings. The van der Waals surface area contributed by atoms with Crippen molar-refractivity contribution in [3.05, 3.63) is 36.2 Å². The van der Waals surface area contributed by atoms with Crippen molar-refractivity contribution >= 4 is 5.91 Å². The van der Waals surface area contributed by atoms with Crippen LogP contribution < -0.4 is 0 Å². The zero-order valence-electron chi connectivity index (χ0n) is 13.9. The molecule has 122 valence electrons. The van der Waals surface area contributed by atoms with E-state index in [-0.39, 0.29) is 5.91 Å². The lowest BCUT2D eigenvalue weighted by atomic mass is 9.98. The maximum Gasteiger partial charge on any atom is 0.219 e. The van der Waals surface area contributed by atoms with Crippen molar-refractivity contribution < 1.29 is 4.79 Å². The molecule has 1 saturated heterocycles. The molecular formula is C18H24N4O. The number of carbonyl (C=O) groups excluding carboxylic acids is 1. The molecule has 0 bridgehead atoms. The van der Waals surface area contributed by atoms with Gasteiger partial charge in [-0.3, -0.25) is 14.5 Å². The molecule has 0 radical (unpaired) electrons. The van der Waals surface area contributed by atoms with Gasteiger partial charge in [0.1, 0.15) is 0 Å². The van der Waals surface area contributed by atoms with Gasteiger partial charge in [-0.15, -0.1) is 0 Å². The van der Waals surface area contributed by atoms with Gasteiger partial charge in [0, 0.05) is 39.0 Å². The summed E-state index contributed by atoms with van der Waals surface area (Å²) in [5.74, 6) is 0.737. The molecule has 1 amide bonds. The van der Waals surface area contributed by atoms with E-state index in [4.69, 9.17) is 0 Å². The van der Waals surface area contributed by atoms with Gasteiger partial charge in [-0.25, -0.2) is 0 Å². The van der Waals surface area contributed by atoms with Crippen molar-refractivity contribution in [2.75, 3.05) is 13.1 Å². The van der Waals surface area contributed by atoms with Gasteiger partial charge in [0.15, 0.2) is 0 Å². The van der Waals surface area contributed by atoms with Gasteiger partial charge in [-0.05, 0) is 48.9 Å². The number of pyridine rings is 1. The molecule has 3 heterocycles. The molecule has 1 unspecified atom stereocenters. The third-order valence-corrected chi connectivity index (χ3v) is 4.49. The summed E-state index contributed by atoms with van der Waals surface area (Å²) in [4.78, 5) is 17.9. The van der Waals surface area contributed by atoms with Crippen LogP contribution in [0.2, 0.25) is 0 Å². The number of nitrogens with zero attached hydrogens (tertiary/aromatic N) is 4. The van der Waals surface area contributed by atoms with Crippen molar-refractivity contribution in [1.29, 1.82) is 0 Å². The molecule has 23 heavy (non-hydrogen) atoms. The number of carbonyl (C=O) groups is 1. The number of rotatable bonds is 5. The lowest BCUT2D eigenvalue weighted by Crippen LogP contribution is -2.26. The highest BCUT2D eigenvalue weighted by molar-refractivity contribution is 5.73. The van der Waals surface area contributed by atoms with Crippen LogP contribution in [-0.4, -0.2) is 38.7 Å². The van der Waals surface area contributed by atoms with Crippen molar-refractivity contribution in [2.24, 2.45) is 5.92 Å². The van der Waals surface area contributed by atoms with Crippen LogP contribution in [0.25, 0.3) is 11.4 Å². The van der Waals surface area contributed by atoms with Gasteiger partial charge in [-0.2, -0.15) is 5.10 Å². The predicted molar refractivity (Wildman–Crippen MR) is 89.8 cm³/mol. The monoisotopic (exact) mass is 312 g/mol. The number of aryl methyl sites for hydroxylation is 1. The summed E-state index contributed by atoms with van der Waals surface area (Å²) in [5.41, 5.74) is 3.34. The second kappa shape index (κ2) is 6.94. The van der Waals surface area contributed by atoms with Crippen LogP contribution in [0.15, 0.2) is 30.6 Å². The second-order valence-corrected chi connectivity index (χ2v) is 6.31. The predicted octanol–water partition coefficient (Wildman–Crippen LogP) is 2.77. The summed E-state index contributed by atoms with van der Waals surface area (Å²) in [6, 6.07) is 6.27. The minimum atomic E-state index is 0.186. The van der Waals surface area contributed by atoms with Crippen molar-refractivity contribution in [3.63, 3.8) is 0 Å². The third-order valence-electron chi connectivity index (χ3n) is 4.49. The lowest BCUT2D eigenvalue weighted by Gasteiger charge is -2.14. The highest BCUT2D eigenvalue weighted by Crippen LogP contribution is 2.23. The smallest absolute Gasteiger partial charge is 0.219 e. The van der Waals surface area contributed by atoms with Gasteiger partial charge in [0.05, 0.1) is 11.4 Å². The Labute approximate surface area is 137 Å². The molecule has 0 spiro atoms. The number of hydrogen-bond acceptors (Lipinski definition) is 3. The number of aromatic nitrogens is 3. The molecule has 3 rings (SSSR count). The Kier molecular flexibility index (Phi) is 4.74. The largest absolute Gasteiger partial charge is 0.343 e. The normalized spacial score (nSPS) is 17.7. The van der Waals surface area contributed by atoms with E-state index in [9.17, 15) is 4.79 Å². The van der Waals surface area contributed by atoms with E-state index in [2.05, 4.69) is 29.1 Å². The van der Waals surface area contributed by atoms with Gasteiger partial charge in [0.25, 0.3) is 0 Å².